The van der Waals surface area contributed by atoms with Gasteiger partial charge in [-0.2, -0.15) is 0 Å². The van der Waals surface area contributed by atoms with E-state index in [-0.39, 0.29) is 5.56 Å². The molecule has 2 aromatic carbocycles. The first-order valence-corrected chi connectivity index (χ1v) is 6.05. The number of aromatic nitrogens is 2. The second kappa shape index (κ2) is 4.90. The summed E-state index contributed by atoms with van der Waals surface area (Å²) < 4.78 is 0. The molecule has 1 heterocycles. The summed E-state index contributed by atoms with van der Waals surface area (Å²) in [5.74, 6) is 0.563. The van der Waals surface area contributed by atoms with E-state index in [1.54, 1.807) is 6.07 Å². The van der Waals surface area contributed by atoms with Crippen LogP contribution in [0, 0.1) is 0 Å². The summed E-state index contributed by atoms with van der Waals surface area (Å²) in [6.07, 6.45) is 3.73. The van der Waals surface area contributed by atoms with Gasteiger partial charge in [-0.1, -0.05) is 48.5 Å². The Kier molecular flexibility index (Phi) is 2.94. The molecule has 0 aliphatic rings. The molecule has 1 N–H and O–H groups in total. The van der Waals surface area contributed by atoms with Crippen molar-refractivity contribution in [3.05, 3.63) is 76.3 Å². The third-order valence-corrected chi connectivity index (χ3v) is 2.86. The largest absolute Gasteiger partial charge is 0.306 e. The summed E-state index contributed by atoms with van der Waals surface area (Å²) in [6.45, 7) is 0. The van der Waals surface area contributed by atoms with Gasteiger partial charge in [0.05, 0.1) is 10.9 Å². The molecule has 0 saturated heterocycles. The van der Waals surface area contributed by atoms with Gasteiger partial charge in [-0.25, -0.2) is 4.98 Å². The minimum atomic E-state index is -0.113. The van der Waals surface area contributed by atoms with Crippen molar-refractivity contribution in [1.82, 2.24) is 9.97 Å². The van der Waals surface area contributed by atoms with Gasteiger partial charge in [0.15, 0.2) is 0 Å². The highest BCUT2D eigenvalue weighted by molar-refractivity contribution is 5.78. The van der Waals surface area contributed by atoms with Gasteiger partial charge in [0.2, 0.25) is 0 Å². The second-order valence-electron chi connectivity index (χ2n) is 4.21. The van der Waals surface area contributed by atoms with Crippen LogP contribution in [-0.4, -0.2) is 9.97 Å². The summed E-state index contributed by atoms with van der Waals surface area (Å²) in [5.41, 5.74) is 1.66. The molecule has 1 aromatic heterocycles. The monoisotopic (exact) mass is 248 g/mol. The zero-order valence-corrected chi connectivity index (χ0v) is 10.2. The lowest BCUT2D eigenvalue weighted by atomic mass is 10.2. The first-order chi connectivity index (χ1) is 9.33. The standard InChI is InChI=1S/C16H12N2O/c19-16-13-8-4-5-9-14(13)17-15(18-16)11-10-12-6-2-1-3-7-12/h1-11H,(H,17,18,19)/b11-10+. The number of nitrogens with zero attached hydrogens (tertiary/aromatic N) is 1. The van der Waals surface area contributed by atoms with Crippen molar-refractivity contribution >= 4 is 23.1 Å². The summed E-state index contributed by atoms with van der Waals surface area (Å²) in [7, 11) is 0. The summed E-state index contributed by atoms with van der Waals surface area (Å²) >= 11 is 0. The average molecular weight is 248 g/mol. The van der Waals surface area contributed by atoms with Crippen LogP contribution in [0.1, 0.15) is 11.4 Å². The number of benzene rings is 2. The molecular weight excluding hydrogens is 236 g/mol. The van der Waals surface area contributed by atoms with Crippen LogP contribution in [0.3, 0.4) is 0 Å². The molecule has 3 heteroatoms. The molecular formula is C16H12N2O. The quantitative estimate of drug-likeness (QED) is 0.757. The lowest BCUT2D eigenvalue weighted by molar-refractivity contribution is 1.14. The van der Waals surface area contributed by atoms with Gasteiger partial charge in [0.1, 0.15) is 5.82 Å². The zero-order chi connectivity index (χ0) is 13.1. The topological polar surface area (TPSA) is 45.8 Å². The second-order valence-corrected chi connectivity index (χ2v) is 4.21. The van der Waals surface area contributed by atoms with Crippen LogP contribution >= 0.6 is 0 Å². The normalized spacial score (nSPS) is 11.2. The van der Waals surface area contributed by atoms with Crippen molar-refractivity contribution < 1.29 is 0 Å². The van der Waals surface area contributed by atoms with Crippen molar-refractivity contribution in [3.63, 3.8) is 0 Å². The Morgan fingerprint density at radius 1 is 0.895 bits per heavy atom. The number of hydrogen-bond acceptors (Lipinski definition) is 2. The predicted molar refractivity (Wildman–Crippen MR) is 77.7 cm³/mol. The maximum Gasteiger partial charge on any atom is 0.259 e. The molecule has 0 fully saturated rings. The maximum atomic E-state index is 11.9. The Morgan fingerprint density at radius 2 is 1.63 bits per heavy atom. The van der Waals surface area contributed by atoms with E-state index in [4.69, 9.17) is 0 Å². The van der Waals surface area contributed by atoms with Crippen LogP contribution in [0.4, 0.5) is 0 Å². The molecule has 0 aliphatic carbocycles. The number of hydrogen-bond donors (Lipinski definition) is 1. The van der Waals surface area contributed by atoms with Crippen LogP contribution in [0.2, 0.25) is 0 Å². The molecule has 0 amide bonds. The summed E-state index contributed by atoms with van der Waals surface area (Å²) in [6, 6.07) is 17.2. The summed E-state index contributed by atoms with van der Waals surface area (Å²) in [5, 5.41) is 0.611. The Morgan fingerprint density at radius 3 is 2.47 bits per heavy atom. The van der Waals surface area contributed by atoms with Crippen LogP contribution < -0.4 is 5.56 Å². The van der Waals surface area contributed by atoms with E-state index in [2.05, 4.69) is 9.97 Å². The van der Waals surface area contributed by atoms with Gasteiger partial charge in [0, 0.05) is 0 Å². The van der Waals surface area contributed by atoms with E-state index in [1.807, 2.05) is 60.7 Å². The number of para-hydroxylation sites is 1. The lowest BCUT2D eigenvalue weighted by Gasteiger charge is -1.98. The van der Waals surface area contributed by atoms with Gasteiger partial charge < -0.3 is 4.98 Å². The van der Waals surface area contributed by atoms with Crippen molar-refractivity contribution in [3.8, 4) is 0 Å². The van der Waals surface area contributed by atoms with E-state index < -0.39 is 0 Å². The van der Waals surface area contributed by atoms with E-state index >= 15 is 0 Å². The first-order valence-electron chi connectivity index (χ1n) is 6.05. The van der Waals surface area contributed by atoms with E-state index in [0.717, 1.165) is 5.56 Å². The molecule has 3 rings (SSSR count). The molecule has 0 spiro atoms. The van der Waals surface area contributed by atoms with Gasteiger partial charge in [-0.15, -0.1) is 0 Å². The minimum absolute atomic E-state index is 0.113. The highest BCUT2D eigenvalue weighted by Crippen LogP contribution is 2.08. The molecule has 3 nitrogen and oxygen atoms in total. The van der Waals surface area contributed by atoms with Crippen LogP contribution in [-0.2, 0) is 0 Å². The molecule has 0 atom stereocenters. The van der Waals surface area contributed by atoms with E-state index in [9.17, 15) is 4.79 Å². The third-order valence-electron chi connectivity index (χ3n) is 2.86. The van der Waals surface area contributed by atoms with Crippen LogP contribution in [0.5, 0.6) is 0 Å². The fourth-order valence-corrected chi connectivity index (χ4v) is 1.92. The van der Waals surface area contributed by atoms with Crippen molar-refractivity contribution in [2.45, 2.75) is 0 Å². The summed E-state index contributed by atoms with van der Waals surface area (Å²) in [4.78, 5) is 19.1. The number of nitrogens with one attached hydrogen (secondary N) is 1. The number of aromatic amines is 1. The molecule has 0 saturated carbocycles. The average Bonchev–Trinajstić information content (AvgIpc) is 2.46. The number of fused-ring (bicyclic) bond motifs is 1. The van der Waals surface area contributed by atoms with Gasteiger partial charge >= 0.3 is 0 Å². The number of rotatable bonds is 2. The smallest absolute Gasteiger partial charge is 0.259 e. The Balaban J connectivity index is 2.02. The molecule has 0 radical (unpaired) electrons. The van der Waals surface area contributed by atoms with E-state index in [1.165, 1.54) is 0 Å². The fraction of sp³-hybridized carbons (Fsp3) is 0. The molecule has 0 unspecified atom stereocenters. The van der Waals surface area contributed by atoms with Crippen molar-refractivity contribution in [2.75, 3.05) is 0 Å². The van der Waals surface area contributed by atoms with Crippen LogP contribution in [0.15, 0.2) is 59.4 Å². The highest BCUT2D eigenvalue weighted by Gasteiger charge is 2.00. The van der Waals surface area contributed by atoms with Gasteiger partial charge in [-0.3, -0.25) is 4.79 Å². The van der Waals surface area contributed by atoms with E-state index in [0.29, 0.717) is 16.7 Å². The van der Waals surface area contributed by atoms with Crippen molar-refractivity contribution in [2.24, 2.45) is 0 Å². The Bertz CT molecular complexity index is 788. The zero-order valence-electron chi connectivity index (χ0n) is 10.2. The third kappa shape index (κ3) is 2.45. The van der Waals surface area contributed by atoms with Gasteiger partial charge in [0.25, 0.3) is 5.56 Å². The molecule has 0 bridgehead atoms. The highest BCUT2D eigenvalue weighted by atomic mass is 16.1. The van der Waals surface area contributed by atoms with Gasteiger partial charge in [-0.05, 0) is 23.8 Å². The van der Waals surface area contributed by atoms with Crippen LogP contribution in [0.25, 0.3) is 23.1 Å². The SMILES string of the molecule is O=c1[nH]c(/C=C/c2ccccc2)nc2ccccc12. The molecule has 92 valence electrons. The first kappa shape index (κ1) is 11.4. The minimum Gasteiger partial charge on any atom is -0.306 e. The fourth-order valence-electron chi connectivity index (χ4n) is 1.92. The maximum absolute atomic E-state index is 11.9. The molecule has 0 aliphatic heterocycles. The Labute approximate surface area is 110 Å². The molecule has 3 aromatic rings. The lowest BCUT2D eigenvalue weighted by Crippen LogP contribution is -2.09. The Hall–Kier alpha value is -2.68. The van der Waals surface area contributed by atoms with Crippen molar-refractivity contribution in [1.29, 1.82) is 0 Å². The number of H-pyrrole nitrogens is 1. The predicted octanol–water partition coefficient (Wildman–Crippen LogP) is 3.09. The molecule has 19 heavy (non-hydrogen) atoms.